The molecule has 0 saturated carbocycles. The fraction of sp³-hybridized carbons (Fsp3) is 0.348. The minimum atomic E-state index is 0.868. The highest BCUT2D eigenvalue weighted by Crippen LogP contribution is 2.32. The number of hydrogen-bond donors (Lipinski definition) is 0. The molecule has 0 spiro atoms. The molecule has 1 aromatic heterocycles. The van der Waals surface area contributed by atoms with Gasteiger partial charge in [-0.2, -0.15) is 0 Å². The normalized spacial score (nSPS) is 15.6. The lowest BCUT2D eigenvalue weighted by Gasteiger charge is -2.32. The first-order valence-corrected chi connectivity index (χ1v) is 10.6. The Morgan fingerprint density at radius 3 is 2.29 bits per heavy atom. The minimum Gasteiger partial charge on any atom is -0.497 e. The number of thiazole rings is 1. The molecule has 1 fully saturated rings. The smallest absolute Gasteiger partial charge is 0.123 e. The lowest BCUT2D eigenvalue weighted by Crippen LogP contribution is -2.45. The monoisotopic (exact) mass is 393 g/mol. The van der Waals surface area contributed by atoms with Crippen LogP contribution < -0.4 is 4.74 Å². The van der Waals surface area contributed by atoms with E-state index < -0.39 is 0 Å². The number of benzene rings is 2. The van der Waals surface area contributed by atoms with Gasteiger partial charge in [-0.3, -0.25) is 0 Å². The largest absolute Gasteiger partial charge is 0.497 e. The summed E-state index contributed by atoms with van der Waals surface area (Å²) in [5.41, 5.74) is 3.77. The maximum atomic E-state index is 5.23. The third-order valence-electron chi connectivity index (χ3n) is 5.39. The number of piperazine rings is 1. The number of likely N-dealkylation sites (N-methyl/N-ethyl adjacent to an activating group) is 1. The summed E-state index contributed by atoms with van der Waals surface area (Å²) in [7, 11) is 3.89. The van der Waals surface area contributed by atoms with Gasteiger partial charge in [0.2, 0.25) is 0 Å². The minimum absolute atomic E-state index is 0.868. The van der Waals surface area contributed by atoms with Crippen LogP contribution in [0.15, 0.2) is 54.7 Å². The van der Waals surface area contributed by atoms with E-state index in [1.807, 2.05) is 18.3 Å². The van der Waals surface area contributed by atoms with Gasteiger partial charge in [-0.1, -0.05) is 24.3 Å². The average molecular weight is 394 g/mol. The molecule has 4 nitrogen and oxygen atoms in total. The van der Waals surface area contributed by atoms with Crippen molar-refractivity contribution in [1.29, 1.82) is 0 Å². The van der Waals surface area contributed by atoms with Crippen molar-refractivity contribution in [3.05, 3.63) is 60.3 Å². The molecule has 2 heterocycles. The van der Waals surface area contributed by atoms with Crippen LogP contribution in [-0.2, 0) is 6.42 Å². The van der Waals surface area contributed by atoms with E-state index in [0.717, 1.165) is 29.3 Å². The van der Waals surface area contributed by atoms with E-state index in [9.17, 15) is 0 Å². The Labute approximate surface area is 171 Å². The first kappa shape index (κ1) is 19.1. The number of hydrogen-bond acceptors (Lipinski definition) is 5. The first-order chi connectivity index (χ1) is 13.7. The summed E-state index contributed by atoms with van der Waals surface area (Å²) in [4.78, 5) is 10.8. The summed E-state index contributed by atoms with van der Waals surface area (Å²) in [5, 5.41) is 1.04. The van der Waals surface area contributed by atoms with Crippen molar-refractivity contribution < 1.29 is 4.74 Å². The molecular weight excluding hydrogens is 366 g/mol. The Morgan fingerprint density at radius 1 is 0.929 bits per heavy atom. The summed E-state index contributed by atoms with van der Waals surface area (Å²) < 4.78 is 5.23. The highest BCUT2D eigenvalue weighted by molar-refractivity contribution is 7.18. The lowest BCUT2D eigenvalue weighted by atomic mass is 10.1. The molecule has 0 radical (unpaired) electrons. The van der Waals surface area contributed by atoms with Crippen LogP contribution in [0.5, 0.6) is 5.75 Å². The van der Waals surface area contributed by atoms with Gasteiger partial charge >= 0.3 is 0 Å². The van der Waals surface area contributed by atoms with Crippen LogP contribution in [0, 0.1) is 0 Å². The molecule has 0 N–H and O–H groups in total. The predicted octanol–water partition coefficient (Wildman–Crippen LogP) is 4.28. The first-order valence-electron chi connectivity index (χ1n) is 9.82. The highest BCUT2D eigenvalue weighted by atomic mass is 32.1. The van der Waals surface area contributed by atoms with Crippen LogP contribution in [-0.4, -0.2) is 61.7 Å². The van der Waals surface area contributed by atoms with E-state index in [1.165, 1.54) is 42.2 Å². The summed E-state index contributed by atoms with van der Waals surface area (Å²) in [6.45, 7) is 5.88. The molecule has 28 heavy (non-hydrogen) atoms. The fourth-order valence-corrected chi connectivity index (χ4v) is 4.40. The van der Waals surface area contributed by atoms with Crippen LogP contribution in [0.3, 0.4) is 0 Å². The Bertz CT molecular complexity index is 881. The SMILES string of the molecule is COc1ccc(-c2ncc(-c3ccc(CCN4CCN(C)CC4)cc3)s2)cc1. The van der Waals surface area contributed by atoms with Crippen LogP contribution >= 0.6 is 11.3 Å². The second-order valence-electron chi connectivity index (χ2n) is 7.35. The van der Waals surface area contributed by atoms with E-state index in [2.05, 4.69) is 58.2 Å². The van der Waals surface area contributed by atoms with Gasteiger partial charge in [0.15, 0.2) is 0 Å². The third kappa shape index (κ3) is 4.61. The molecule has 3 aromatic rings. The van der Waals surface area contributed by atoms with Gasteiger partial charge in [0.05, 0.1) is 12.0 Å². The summed E-state index contributed by atoms with van der Waals surface area (Å²) in [5.74, 6) is 0.868. The van der Waals surface area contributed by atoms with Crippen molar-refractivity contribution in [2.24, 2.45) is 0 Å². The predicted molar refractivity (Wildman–Crippen MR) is 117 cm³/mol. The highest BCUT2D eigenvalue weighted by Gasteiger charge is 2.13. The molecule has 0 bridgehead atoms. The van der Waals surface area contributed by atoms with Gasteiger partial charge in [0, 0.05) is 44.5 Å². The maximum Gasteiger partial charge on any atom is 0.123 e. The van der Waals surface area contributed by atoms with Gasteiger partial charge < -0.3 is 14.5 Å². The van der Waals surface area contributed by atoms with Crippen molar-refractivity contribution in [2.45, 2.75) is 6.42 Å². The van der Waals surface area contributed by atoms with Crippen molar-refractivity contribution in [3.8, 4) is 26.8 Å². The van der Waals surface area contributed by atoms with Gasteiger partial charge in [-0.15, -0.1) is 11.3 Å². The molecule has 0 amide bonds. The fourth-order valence-electron chi connectivity index (χ4n) is 3.47. The van der Waals surface area contributed by atoms with Crippen molar-refractivity contribution in [2.75, 3.05) is 46.9 Å². The Morgan fingerprint density at radius 2 is 1.61 bits per heavy atom. The number of ether oxygens (including phenoxy) is 1. The Kier molecular flexibility index (Phi) is 6.05. The molecule has 0 unspecified atom stereocenters. The molecule has 1 saturated heterocycles. The number of rotatable bonds is 6. The summed E-state index contributed by atoms with van der Waals surface area (Å²) >= 11 is 1.73. The molecule has 1 aliphatic heterocycles. The summed E-state index contributed by atoms with van der Waals surface area (Å²) in [6, 6.07) is 17.1. The maximum absolute atomic E-state index is 5.23. The zero-order chi connectivity index (χ0) is 19.3. The van der Waals surface area contributed by atoms with Gasteiger partial charge in [0.1, 0.15) is 10.8 Å². The van der Waals surface area contributed by atoms with Crippen LogP contribution in [0.25, 0.3) is 21.0 Å². The van der Waals surface area contributed by atoms with E-state index >= 15 is 0 Å². The summed E-state index contributed by atoms with van der Waals surface area (Å²) in [6.07, 6.45) is 3.09. The van der Waals surface area contributed by atoms with E-state index in [-0.39, 0.29) is 0 Å². The molecule has 146 valence electrons. The van der Waals surface area contributed by atoms with Gasteiger partial charge in [0.25, 0.3) is 0 Å². The molecule has 5 heteroatoms. The van der Waals surface area contributed by atoms with E-state index in [4.69, 9.17) is 4.74 Å². The lowest BCUT2D eigenvalue weighted by molar-refractivity contribution is 0.155. The van der Waals surface area contributed by atoms with Gasteiger partial charge in [-0.25, -0.2) is 4.98 Å². The van der Waals surface area contributed by atoms with Crippen molar-refractivity contribution in [3.63, 3.8) is 0 Å². The molecule has 2 aromatic carbocycles. The second kappa shape index (κ2) is 8.86. The molecular formula is C23H27N3OS. The molecule has 0 aliphatic carbocycles. The number of methoxy groups -OCH3 is 1. The van der Waals surface area contributed by atoms with Crippen LogP contribution in [0.2, 0.25) is 0 Å². The van der Waals surface area contributed by atoms with E-state index in [0.29, 0.717) is 0 Å². The standard InChI is InChI=1S/C23H27N3OS/c1-25-13-15-26(16-14-25)12-11-18-3-5-19(6-4-18)22-17-24-23(28-22)20-7-9-21(27-2)10-8-20/h3-10,17H,11-16H2,1-2H3. The average Bonchev–Trinajstić information content (AvgIpc) is 3.24. The zero-order valence-electron chi connectivity index (χ0n) is 16.6. The Balaban J connectivity index is 1.38. The van der Waals surface area contributed by atoms with Crippen molar-refractivity contribution in [1.82, 2.24) is 14.8 Å². The van der Waals surface area contributed by atoms with Crippen LogP contribution in [0.4, 0.5) is 0 Å². The van der Waals surface area contributed by atoms with Crippen molar-refractivity contribution >= 4 is 11.3 Å². The van der Waals surface area contributed by atoms with Gasteiger partial charge in [-0.05, 0) is 48.9 Å². The zero-order valence-corrected chi connectivity index (χ0v) is 17.4. The molecule has 1 aliphatic rings. The molecule has 4 rings (SSSR count). The quantitative estimate of drug-likeness (QED) is 0.625. The Hall–Kier alpha value is -2.21. The topological polar surface area (TPSA) is 28.6 Å². The number of nitrogens with zero attached hydrogens (tertiary/aromatic N) is 3. The third-order valence-corrected chi connectivity index (χ3v) is 6.49. The second-order valence-corrected chi connectivity index (χ2v) is 8.38. The number of aromatic nitrogens is 1. The van der Waals surface area contributed by atoms with E-state index in [1.54, 1.807) is 18.4 Å². The molecule has 0 atom stereocenters. The van der Waals surface area contributed by atoms with Crippen LogP contribution in [0.1, 0.15) is 5.56 Å².